The number of hydrogen-bond acceptors (Lipinski definition) is 2. The molecule has 2 nitrogen and oxygen atoms in total. The topological polar surface area (TPSA) is 21.3 Å². The van der Waals surface area contributed by atoms with E-state index in [2.05, 4.69) is 5.32 Å². The largest absolute Gasteiger partial charge is 0.380 e. The predicted molar refractivity (Wildman–Crippen MR) is 56.3 cm³/mol. The maximum atomic E-state index is 5.53. The molecule has 0 aromatic rings. The Labute approximate surface area is 86.4 Å². The van der Waals surface area contributed by atoms with Crippen molar-refractivity contribution in [2.24, 2.45) is 5.92 Å². The van der Waals surface area contributed by atoms with Crippen molar-refractivity contribution in [3.8, 4) is 0 Å². The van der Waals surface area contributed by atoms with Crippen LogP contribution < -0.4 is 5.32 Å². The highest BCUT2D eigenvalue weighted by Gasteiger charge is 2.45. The smallest absolute Gasteiger partial charge is 0.0619 e. The lowest BCUT2D eigenvalue weighted by atomic mass is 9.92. The Kier molecular flexibility index (Phi) is 2.29. The van der Waals surface area contributed by atoms with Crippen LogP contribution in [-0.4, -0.2) is 24.8 Å². The second-order valence-corrected chi connectivity index (χ2v) is 5.49. The molecule has 3 rings (SSSR count). The Hall–Kier alpha value is -0.0800. The average molecular weight is 195 g/mol. The van der Waals surface area contributed by atoms with Crippen LogP contribution in [-0.2, 0) is 4.74 Å². The lowest BCUT2D eigenvalue weighted by Crippen LogP contribution is -2.50. The van der Waals surface area contributed by atoms with Gasteiger partial charge in [0.1, 0.15) is 0 Å². The molecule has 0 radical (unpaired) electrons. The standard InChI is InChI=1S/C12H21NO/c1-2-11(9-14-7-1)13-12-5-3-10(8-12)4-6-12/h10-11,13H,1-9H2. The third kappa shape index (κ3) is 1.59. The summed E-state index contributed by atoms with van der Waals surface area (Å²) in [5.74, 6) is 1.05. The summed E-state index contributed by atoms with van der Waals surface area (Å²) in [6, 6.07) is 0.653. The van der Waals surface area contributed by atoms with E-state index in [0.717, 1.165) is 19.1 Å². The van der Waals surface area contributed by atoms with E-state index in [1.54, 1.807) is 0 Å². The molecule has 0 amide bonds. The van der Waals surface area contributed by atoms with Crippen molar-refractivity contribution < 1.29 is 4.74 Å². The van der Waals surface area contributed by atoms with Crippen LogP contribution in [0, 0.1) is 5.92 Å². The summed E-state index contributed by atoms with van der Waals surface area (Å²) in [4.78, 5) is 0. The fourth-order valence-electron chi connectivity index (χ4n) is 3.68. The van der Waals surface area contributed by atoms with Crippen LogP contribution in [0.3, 0.4) is 0 Å². The van der Waals surface area contributed by atoms with E-state index >= 15 is 0 Å². The van der Waals surface area contributed by atoms with E-state index in [4.69, 9.17) is 4.74 Å². The molecule has 0 aromatic heterocycles. The number of fused-ring (bicyclic) bond motifs is 2. The predicted octanol–water partition coefficient (Wildman–Crippen LogP) is 2.09. The fraction of sp³-hybridized carbons (Fsp3) is 1.00. The molecule has 80 valence electrons. The lowest BCUT2D eigenvalue weighted by molar-refractivity contribution is 0.0577. The van der Waals surface area contributed by atoms with E-state index in [1.807, 2.05) is 0 Å². The molecular weight excluding hydrogens is 174 g/mol. The molecule has 2 bridgehead atoms. The number of nitrogens with one attached hydrogen (secondary N) is 1. The van der Waals surface area contributed by atoms with Gasteiger partial charge in [-0.05, 0) is 50.9 Å². The van der Waals surface area contributed by atoms with Gasteiger partial charge in [0, 0.05) is 18.2 Å². The molecule has 1 saturated heterocycles. The van der Waals surface area contributed by atoms with Crippen LogP contribution >= 0.6 is 0 Å². The third-order valence-corrected chi connectivity index (χ3v) is 4.41. The molecule has 1 heterocycles. The molecule has 1 aliphatic heterocycles. The zero-order valence-corrected chi connectivity index (χ0v) is 8.93. The van der Waals surface area contributed by atoms with Gasteiger partial charge in [0.05, 0.1) is 6.61 Å². The van der Waals surface area contributed by atoms with Crippen LogP contribution in [0.15, 0.2) is 0 Å². The lowest BCUT2D eigenvalue weighted by Gasteiger charge is -2.35. The highest BCUT2D eigenvalue weighted by molar-refractivity contribution is 5.03. The Morgan fingerprint density at radius 2 is 2.00 bits per heavy atom. The monoisotopic (exact) mass is 195 g/mol. The van der Waals surface area contributed by atoms with Crippen molar-refractivity contribution in [3.05, 3.63) is 0 Å². The second kappa shape index (κ2) is 3.49. The minimum absolute atomic E-state index is 0.538. The Balaban J connectivity index is 1.60. The van der Waals surface area contributed by atoms with Gasteiger partial charge in [-0.15, -0.1) is 0 Å². The number of rotatable bonds is 2. The van der Waals surface area contributed by atoms with Crippen LogP contribution in [0.1, 0.15) is 44.9 Å². The normalized spacial score (nSPS) is 47.1. The zero-order chi connectivity index (χ0) is 9.43. The molecule has 1 N–H and O–H groups in total. The van der Waals surface area contributed by atoms with E-state index in [-0.39, 0.29) is 0 Å². The summed E-state index contributed by atoms with van der Waals surface area (Å²) in [5.41, 5.74) is 0.538. The van der Waals surface area contributed by atoms with E-state index < -0.39 is 0 Å². The minimum Gasteiger partial charge on any atom is -0.380 e. The van der Waals surface area contributed by atoms with E-state index in [0.29, 0.717) is 11.6 Å². The van der Waals surface area contributed by atoms with Crippen LogP contribution in [0.4, 0.5) is 0 Å². The highest BCUT2D eigenvalue weighted by Crippen LogP contribution is 2.47. The first-order valence-electron chi connectivity index (χ1n) is 6.22. The summed E-state index contributed by atoms with van der Waals surface area (Å²) in [5, 5.41) is 3.90. The first-order valence-corrected chi connectivity index (χ1v) is 6.22. The Bertz CT molecular complexity index is 202. The molecule has 2 aliphatic carbocycles. The zero-order valence-electron chi connectivity index (χ0n) is 8.93. The molecule has 0 spiro atoms. The Morgan fingerprint density at radius 3 is 2.57 bits per heavy atom. The maximum Gasteiger partial charge on any atom is 0.0619 e. The molecule has 14 heavy (non-hydrogen) atoms. The molecule has 2 heteroatoms. The summed E-state index contributed by atoms with van der Waals surface area (Å²) >= 11 is 0. The molecule has 1 unspecified atom stereocenters. The van der Waals surface area contributed by atoms with Gasteiger partial charge < -0.3 is 10.1 Å². The van der Waals surface area contributed by atoms with Gasteiger partial charge in [0.25, 0.3) is 0 Å². The summed E-state index contributed by atoms with van der Waals surface area (Å²) < 4.78 is 5.53. The third-order valence-electron chi connectivity index (χ3n) is 4.41. The van der Waals surface area contributed by atoms with Gasteiger partial charge in [0.15, 0.2) is 0 Å². The van der Waals surface area contributed by atoms with Gasteiger partial charge in [0.2, 0.25) is 0 Å². The van der Waals surface area contributed by atoms with Crippen LogP contribution in [0.2, 0.25) is 0 Å². The van der Waals surface area contributed by atoms with Gasteiger partial charge in [-0.1, -0.05) is 0 Å². The van der Waals surface area contributed by atoms with E-state index in [9.17, 15) is 0 Å². The molecule has 3 aliphatic rings. The SMILES string of the molecule is C1COCC(NC23CCC(CC2)C3)C1. The molecule has 1 atom stereocenters. The van der Waals surface area contributed by atoms with Crippen molar-refractivity contribution >= 4 is 0 Å². The second-order valence-electron chi connectivity index (χ2n) is 5.49. The van der Waals surface area contributed by atoms with Crippen molar-refractivity contribution in [1.29, 1.82) is 0 Å². The fourth-order valence-corrected chi connectivity index (χ4v) is 3.68. The van der Waals surface area contributed by atoms with Gasteiger partial charge >= 0.3 is 0 Å². The van der Waals surface area contributed by atoms with Crippen molar-refractivity contribution in [1.82, 2.24) is 5.32 Å². The van der Waals surface area contributed by atoms with Gasteiger partial charge in [-0.25, -0.2) is 0 Å². The van der Waals surface area contributed by atoms with Crippen LogP contribution in [0.5, 0.6) is 0 Å². The average Bonchev–Trinajstić information content (AvgIpc) is 2.78. The van der Waals surface area contributed by atoms with Crippen molar-refractivity contribution in [2.75, 3.05) is 13.2 Å². The summed E-state index contributed by atoms with van der Waals surface area (Å²) in [6.45, 7) is 1.93. The minimum atomic E-state index is 0.538. The summed E-state index contributed by atoms with van der Waals surface area (Å²) in [7, 11) is 0. The van der Waals surface area contributed by atoms with E-state index in [1.165, 1.54) is 44.9 Å². The maximum absolute atomic E-state index is 5.53. The van der Waals surface area contributed by atoms with Gasteiger partial charge in [-0.2, -0.15) is 0 Å². The highest BCUT2D eigenvalue weighted by atomic mass is 16.5. The molecule has 2 saturated carbocycles. The molecule has 3 fully saturated rings. The quantitative estimate of drug-likeness (QED) is 0.728. The van der Waals surface area contributed by atoms with Gasteiger partial charge in [-0.3, -0.25) is 0 Å². The molecular formula is C12H21NO. The molecule has 0 aromatic carbocycles. The Morgan fingerprint density at radius 1 is 1.14 bits per heavy atom. The summed E-state index contributed by atoms with van der Waals surface area (Å²) in [6.07, 6.45) is 9.82. The number of hydrogen-bond donors (Lipinski definition) is 1. The first kappa shape index (κ1) is 9.17. The first-order chi connectivity index (χ1) is 6.86. The van der Waals surface area contributed by atoms with Crippen molar-refractivity contribution in [2.45, 2.75) is 56.5 Å². The number of ether oxygens (including phenoxy) is 1. The van der Waals surface area contributed by atoms with Crippen LogP contribution in [0.25, 0.3) is 0 Å². The van der Waals surface area contributed by atoms with Crippen molar-refractivity contribution in [3.63, 3.8) is 0 Å².